The topological polar surface area (TPSA) is 59.0 Å². The molecule has 3 aromatic carbocycles. The summed E-state index contributed by atoms with van der Waals surface area (Å²) in [5.41, 5.74) is 5.70. The Bertz CT molecular complexity index is 1800. The first-order valence-corrected chi connectivity index (χ1v) is 17.7. The zero-order valence-electron chi connectivity index (χ0n) is 28.0. The van der Waals surface area contributed by atoms with Crippen LogP contribution in [0.4, 0.5) is 0 Å². The van der Waals surface area contributed by atoms with Crippen molar-refractivity contribution in [3.63, 3.8) is 0 Å². The maximum atomic E-state index is 9.33. The molecule has 3 heterocycles. The summed E-state index contributed by atoms with van der Waals surface area (Å²) >= 11 is 6.02. The molecule has 7 heteroatoms. The van der Waals surface area contributed by atoms with Crippen molar-refractivity contribution in [2.45, 2.75) is 84.1 Å². The van der Waals surface area contributed by atoms with Crippen molar-refractivity contribution in [1.82, 2.24) is 19.0 Å². The normalized spacial score (nSPS) is 14.2. The Kier molecular flexibility index (Phi) is 10.7. The number of aromatic nitrogens is 3. The summed E-state index contributed by atoms with van der Waals surface area (Å²) in [5.74, 6) is 3.22. The number of likely N-dealkylation sites (tertiary alicyclic amines) is 1. The lowest BCUT2D eigenvalue weighted by Gasteiger charge is -2.31. The van der Waals surface area contributed by atoms with Gasteiger partial charge in [0.2, 0.25) is 0 Å². The Morgan fingerprint density at radius 3 is 2.32 bits per heavy atom. The fraction of sp³-hybridized carbons (Fsp3) is 0.400. The van der Waals surface area contributed by atoms with Crippen molar-refractivity contribution in [3.8, 4) is 23.3 Å². The van der Waals surface area contributed by atoms with Gasteiger partial charge in [-0.2, -0.15) is 5.26 Å². The third kappa shape index (κ3) is 7.92. The van der Waals surface area contributed by atoms with E-state index >= 15 is 0 Å². The Hall–Kier alpha value is -4.05. The molecule has 1 saturated heterocycles. The Morgan fingerprint density at radius 2 is 1.64 bits per heavy atom. The van der Waals surface area contributed by atoms with E-state index in [-0.39, 0.29) is 0 Å². The number of nitriles is 1. The summed E-state index contributed by atoms with van der Waals surface area (Å²) in [6, 6.07) is 26.8. The highest BCUT2D eigenvalue weighted by molar-refractivity contribution is 6.30. The molecule has 6 rings (SSSR count). The van der Waals surface area contributed by atoms with Gasteiger partial charge in [0, 0.05) is 51.9 Å². The number of piperidine rings is 1. The van der Waals surface area contributed by atoms with Crippen LogP contribution in [0.5, 0.6) is 11.5 Å². The second kappa shape index (κ2) is 15.2. The third-order valence-corrected chi connectivity index (χ3v) is 9.69. The number of unbranched alkanes of at least 4 members (excludes halogenated alkanes) is 2. The predicted octanol–water partition coefficient (Wildman–Crippen LogP) is 10.3. The maximum absolute atomic E-state index is 9.33. The molecule has 0 atom stereocenters. The van der Waals surface area contributed by atoms with Crippen LogP contribution in [-0.4, -0.2) is 38.7 Å². The van der Waals surface area contributed by atoms with Crippen molar-refractivity contribution < 1.29 is 4.74 Å². The third-order valence-electron chi connectivity index (χ3n) is 9.44. The second-order valence-corrected chi connectivity index (χ2v) is 13.6. The fourth-order valence-electron chi connectivity index (χ4n) is 6.94. The highest BCUT2D eigenvalue weighted by Gasteiger charge is 2.24. The van der Waals surface area contributed by atoms with E-state index in [0.717, 1.165) is 86.7 Å². The number of aryl methyl sites for hydroxylation is 2. The van der Waals surface area contributed by atoms with Gasteiger partial charge in [0.15, 0.2) is 0 Å². The highest BCUT2D eigenvalue weighted by Crippen LogP contribution is 2.31. The van der Waals surface area contributed by atoms with Crippen LogP contribution in [0.3, 0.4) is 0 Å². The van der Waals surface area contributed by atoms with Crippen molar-refractivity contribution in [2.75, 3.05) is 19.6 Å². The van der Waals surface area contributed by atoms with Crippen LogP contribution in [0.25, 0.3) is 16.6 Å². The summed E-state index contributed by atoms with van der Waals surface area (Å²) in [7, 11) is 0. The summed E-state index contributed by atoms with van der Waals surface area (Å²) in [6.07, 6.45) is 11.3. The standard InChI is InChI=1S/C40H46ClN5O/c1-4-5-9-40-43-38(28-45(40)34-13-17-37(18-14-34)47-36-15-11-33(41)12-16-36)31-20-23-44(24-21-31)22-7-6-8-35-26-32-25-30(27-42)10-19-39(32)46(35)29(2)3/h10-19,25-26,28-29,31H,4-9,20-24H2,1-3H3. The van der Waals surface area contributed by atoms with Crippen LogP contribution >= 0.6 is 11.6 Å². The minimum Gasteiger partial charge on any atom is -0.457 e. The van der Waals surface area contributed by atoms with Gasteiger partial charge in [-0.1, -0.05) is 24.9 Å². The SMILES string of the molecule is CCCCc1nc(C2CCN(CCCCc3cc4cc(C#N)ccc4n3C(C)C)CC2)cn1-c1ccc(Oc2ccc(Cl)cc2)cc1. The Morgan fingerprint density at radius 1 is 0.915 bits per heavy atom. The van der Waals surface area contributed by atoms with E-state index in [9.17, 15) is 5.26 Å². The van der Waals surface area contributed by atoms with Crippen molar-refractivity contribution in [1.29, 1.82) is 5.26 Å². The number of fused-ring (bicyclic) bond motifs is 1. The van der Waals surface area contributed by atoms with Crippen molar-refractivity contribution in [3.05, 3.63) is 107 Å². The molecule has 5 aromatic rings. The van der Waals surface area contributed by atoms with E-state index in [2.05, 4.69) is 71.3 Å². The number of hydrogen-bond donors (Lipinski definition) is 0. The lowest BCUT2D eigenvalue weighted by molar-refractivity contribution is 0.207. The number of benzene rings is 3. The number of rotatable bonds is 13. The number of hydrogen-bond acceptors (Lipinski definition) is 4. The van der Waals surface area contributed by atoms with E-state index in [1.165, 1.54) is 35.1 Å². The van der Waals surface area contributed by atoms with Gasteiger partial charge in [0.05, 0.1) is 17.3 Å². The largest absolute Gasteiger partial charge is 0.457 e. The molecule has 0 N–H and O–H groups in total. The summed E-state index contributed by atoms with van der Waals surface area (Å²) in [5, 5.41) is 11.2. The number of imidazole rings is 1. The number of nitrogens with zero attached hydrogens (tertiary/aromatic N) is 5. The van der Waals surface area contributed by atoms with Gasteiger partial charge >= 0.3 is 0 Å². The number of ether oxygens (including phenoxy) is 1. The van der Waals surface area contributed by atoms with Gasteiger partial charge in [-0.3, -0.25) is 0 Å². The van der Waals surface area contributed by atoms with Crippen LogP contribution in [-0.2, 0) is 12.8 Å². The molecule has 0 unspecified atom stereocenters. The smallest absolute Gasteiger partial charge is 0.127 e. The molecule has 6 nitrogen and oxygen atoms in total. The second-order valence-electron chi connectivity index (χ2n) is 13.2. The Labute approximate surface area is 284 Å². The molecular weight excluding hydrogens is 602 g/mol. The van der Waals surface area contributed by atoms with E-state index in [1.807, 2.05) is 48.5 Å². The average molecular weight is 648 g/mol. The molecule has 1 aliphatic rings. The molecule has 1 fully saturated rings. The minimum atomic E-state index is 0.397. The molecule has 0 radical (unpaired) electrons. The lowest BCUT2D eigenvalue weighted by atomic mass is 9.94. The van der Waals surface area contributed by atoms with E-state index < -0.39 is 0 Å². The van der Waals surface area contributed by atoms with Crippen molar-refractivity contribution >= 4 is 22.5 Å². The molecule has 0 saturated carbocycles. The van der Waals surface area contributed by atoms with Crippen LogP contribution in [0, 0.1) is 11.3 Å². The highest BCUT2D eigenvalue weighted by atomic mass is 35.5. The summed E-state index contributed by atoms with van der Waals surface area (Å²) < 4.78 is 10.8. The lowest BCUT2D eigenvalue weighted by Crippen LogP contribution is -2.33. The monoisotopic (exact) mass is 647 g/mol. The summed E-state index contributed by atoms with van der Waals surface area (Å²) in [4.78, 5) is 7.85. The summed E-state index contributed by atoms with van der Waals surface area (Å²) in [6.45, 7) is 10.1. The van der Waals surface area contributed by atoms with E-state index in [1.54, 1.807) is 0 Å². The van der Waals surface area contributed by atoms with Gasteiger partial charge in [-0.15, -0.1) is 0 Å². The zero-order chi connectivity index (χ0) is 32.8. The zero-order valence-corrected chi connectivity index (χ0v) is 28.7. The van der Waals surface area contributed by atoms with Gasteiger partial charge in [-0.05, 0) is 145 Å². The first kappa shape index (κ1) is 32.9. The number of halogens is 1. The quantitative estimate of drug-likeness (QED) is 0.119. The van der Waals surface area contributed by atoms with E-state index in [4.69, 9.17) is 21.3 Å². The molecule has 47 heavy (non-hydrogen) atoms. The first-order chi connectivity index (χ1) is 22.9. The van der Waals surface area contributed by atoms with Crippen LogP contribution in [0.1, 0.15) is 94.0 Å². The van der Waals surface area contributed by atoms with Crippen LogP contribution in [0.2, 0.25) is 5.02 Å². The molecule has 2 aromatic heterocycles. The van der Waals surface area contributed by atoms with Gasteiger partial charge in [-0.25, -0.2) is 4.98 Å². The fourth-order valence-corrected chi connectivity index (χ4v) is 7.07. The average Bonchev–Trinajstić information content (AvgIpc) is 3.68. The van der Waals surface area contributed by atoms with Crippen molar-refractivity contribution in [2.24, 2.45) is 0 Å². The van der Waals surface area contributed by atoms with E-state index in [0.29, 0.717) is 17.0 Å². The maximum Gasteiger partial charge on any atom is 0.127 e. The van der Waals surface area contributed by atoms with Gasteiger partial charge in [0.25, 0.3) is 0 Å². The van der Waals surface area contributed by atoms with Crippen LogP contribution < -0.4 is 4.74 Å². The molecule has 0 bridgehead atoms. The van der Waals surface area contributed by atoms with Gasteiger partial charge in [0.1, 0.15) is 17.3 Å². The predicted molar refractivity (Wildman–Crippen MR) is 192 cm³/mol. The minimum absolute atomic E-state index is 0.397. The molecule has 244 valence electrons. The van der Waals surface area contributed by atoms with Crippen LogP contribution in [0.15, 0.2) is 79.0 Å². The Balaban J connectivity index is 1.03. The molecule has 1 aliphatic heterocycles. The molecular formula is C40H46ClN5O. The molecule has 0 spiro atoms. The van der Waals surface area contributed by atoms with Gasteiger partial charge < -0.3 is 18.8 Å². The molecule has 0 aliphatic carbocycles. The molecule has 0 amide bonds. The first-order valence-electron chi connectivity index (χ1n) is 17.3.